The van der Waals surface area contributed by atoms with Crippen LogP contribution in [-0.2, 0) is 4.74 Å². The van der Waals surface area contributed by atoms with Crippen LogP contribution >= 0.6 is 11.8 Å². The molecule has 0 saturated carbocycles. The normalized spacial score (nSPS) is 10.5. The van der Waals surface area contributed by atoms with Crippen LogP contribution in [0.25, 0.3) is 5.69 Å². The maximum absolute atomic E-state index is 11.9. The molecule has 0 aliphatic heterocycles. The molecule has 2 aromatic rings. The number of nitrogen functional groups attached to an aromatic ring is 1. The van der Waals surface area contributed by atoms with Crippen molar-refractivity contribution < 1.29 is 9.53 Å². The van der Waals surface area contributed by atoms with Crippen molar-refractivity contribution in [1.82, 2.24) is 9.78 Å². The number of para-hydroxylation sites is 2. The van der Waals surface area contributed by atoms with Gasteiger partial charge in [0, 0.05) is 6.20 Å². The molecule has 0 saturated heterocycles. The number of benzene rings is 1. The number of esters is 1. The van der Waals surface area contributed by atoms with Gasteiger partial charge in [-0.2, -0.15) is 16.9 Å². The zero-order chi connectivity index (χ0) is 15.1. The second-order valence-corrected chi connectivity index (χ2v) is 5.78. The summed E-state index contributed by atoms with van der Waals surface area (Å²) in [5, 5.41) is 4.21. The third-order valence-electron chi connectivity index (χ3n) is 2.85. The summed E-state index contributed by atoms with van der Waals surface area (Å²) >= 11 is 1.83. The van der Waals surface area contributed by atoms with E-state index in [1.807, 2.05) is 30.0 Å². The highest BCUT2D eigenvalue weighted by Gasteiger charge is 2.12. The average Bonchev–Trinajstić information content (AvgIpc) is 2.97. The first-order chi connectivity index (χ1) is 10.2. The molecule has 6 heteroatoms. The van der Waals surface area contributed by atoms with E-state index in [4.69, 9.17) is 10.5 Å². The summed E-state index contributed by atoms with van der Waals surface area (Å²) in [6.45, 7) is 2.53. The van der Waals surface area contributed by atoms with Gasteiger partial charge in [0.25, 0.3) is 0 Å². The van der Waals surface area contributed by atoms with E-state index in [2.05, 4.69) is 12.0 Å². The molecule has 0 radical (unpaired) electrons. The zero-order valence-corrected chi connectivity index (χ0v) is 12.8. The minimum Gasteiger partial charge on any atom is -0.461 e. The van der Waals surface area contributed by atoms with Crippen LogP contribution in [-0.4, -0.2) is 33.9 Å². The van der Waals surface area contributed by atoms with Crippen LogP contribution in [0.5, 0.6) is 0 Å². The predicted molar refractivity (Wildman–Crippen MR) is 85.9 cm³/mol. The Morgan fingerprint density at radius 2 is 2.19 bits per heavy atom. The lowest BCUT2D eigenvalue weighted by molar-refractivity contribution is 0.0499. The fraction of sp³-hybridized carbons (Fsp3) is 0.333. The number of carbonyl (C=O) groups excluding carboxylic acids is 1. The van der Waals surface area contributed by atoms with Gasteiger partial charge in [-0.3, -0.25) is 0 Å². The summed E-state index contributed by atoms with van der Waals surface area (Å²) in [5.74, 6) is 1.68. The Morgan fingerprint density at radius 3 is 2.95 bits per heavy atom. The van der Waals surface area contributed by atoms with Crippen LogP contribution in [0.3, 0.4) is 0 Å². The Morgan fingerprint density at radius 1 is 1.38 bits per heavy atom. The molecule has 21 heavy (non-hydrogen) atoms. The van der Waals surface area contributed by atoms with Crippen LogP contribution in [0, 0.1) is 0 Å². The second kappa shape index (κ2) is 7.73. The van der Waals surface area contributed by atoms with E-state index >= 15 is 0 Å². The number of hydrogen-bond acceptors (Lipinski definition) is 5. The lowest BCUT2D eigenvalue weighted by Gasteiger charge is -2.05. The monoisotopic (exact) mass is 305 g/mol. The quantitative estimate of drug-likeness (QED) is 0.484. The largest absolute Gasteiger partial charge is 0.461 e. The highest BCUT2D eigenvalue weighted by Crippen LogP contribution is 2.15. The van der Waals surface area contributed by atoms with E-state index in [1.54, 1.807) is 23.0 Å². The molecule has 1 heterocycles. The smallest absolute Gasteiger partial charge is 0.358 e. The third-order valence-corrected chi connectivity index (χ3v) is 3.84. The molecule has 0 atom stereocenters. The topological polar surface area (TPSA) is 70.1 Å². The lowest BCUT2D eigenvalue weighted by atomic mass is 10.3. The summed E-state index contributed by atoms with van der Waals surface area (Å²) in [4.78, 5) is 11.9. The summed E-state index contributed by atoms with van der Waals surface area (Å²) in [7, 11) is 0. The SMILES string of the molecule is CCSCCCOC(=O)c1ccn(-c2ccccc2N)n1. The number of hydrogen-bond donors (Lipinski definition) is 1. The first-order valence-corrected chi connectivity index (χ1v) is 8.03. The number of rotatable bonds is 7. The van der Waals surface area contributed by atoms with Crippen molar-refractivity contribution in [3.8, 4) is 5.69 Å². The van der Waals surface area contributed by atoms with Crippen LogP contribution < -0.4 is 5.73 Å². The van der Waals surface area contributed by atoms with Crippen molar-refractivity contribution in [2.75, 3.05) is 23.8 Å². The maximum atomic E-state index is 11.9. The maximum Gasteiger partial charge on any atom is 0.358 e. The lowest BCUT2D eigenvalue weighted by Crippen LogP contribution is -2.09. The minimum absolute atomic E-state index is 0.293. The average molecular weight is 305 g/mol. The number of thioether (sulfide) groups is 1. The van der Waals surface area contributed by atoms with Crippen LogP contribution in [0.15, 0.2) is 36.5 Å². The fourth-order valence-electron chi connectivity index (χ4n) is 1.81. The number of carbonyl (C=O) groups is 1. The molecule has 0 unspecified atom stereocenters. The second-order valence-electron chi connectivity index (χ2n) is 4.39. The van der Waals surface area contributed by atoms with Gasteiger partial charge in [-0.05, 0) is 36.1 Å². The standard InChI is InChI=1S/C15H19N3O2S/c1-2-21-11-5-10-20-15(19)13-8-9-18(17-13)14-7-4-3-6-12(14)16/h3-4,6-9H,2,5,10-11,16H2,1H3. The van der Waals surface area contributed by atoms with Crippen molar-refractivity contribution in [1.29, 1.82) is 0 Å². The summed E-state index contributed by atoms with van der Waals surface area (Å²) in [6, 6.07) is 9.00. The third kappa shape index (κ3) is 4.26. The minimum atomic E-state index is -0.398. The molecule has 1 aromatic heterocycles. The number of ether oxygens (including phenoxy) is 1. The van der Waals surface area contributed by atoms with Gasteiger partial charge in [-0.1, -0.05) is 19.1 Å². The number of aromatic nitrogens is 2. The molecule has 0 bridgehead atoms. The summed E-state index contributed by atoms with van der Waals surface area (Å²) in [5.41, 5.74) is 7.53. The van der Waals surface area contributed by atoms with Gasteiger partial charge >= 0.3 is 5.97 Å². The molecule has 0 fully saturated rings. The van der Waals surface area contributed by atoms with Gasteiger partial charge in [-0.15, -0.1) is 0 Å². The van der Waals surface area contributed by atoms with Gasteiger partial charge in [0.15, 0.2) is 5.69 Å². The van der Waals surface area contributed by atoms with Crippen LogP contribution in [0.4, 0.5) is 5.69 Å². The van der Waals surface area contributed by atoms with E-state index < -0.39 is 5.97 Å². The Labute approximate surface area is 128 Å². The van der Waals surface area contributed by atoms with Gasteiger partial charge in [0.1, 0.15) is 0 Å². The van der Waals surface area contributed by atoms with E-state index in [1.165, 1.54) is 0 Å². The van der Waals surface area contributed by atoms with Crippen molar-refractivity contribution >= 4 is 23.4 Å². The number of nitrogens with zero attached hydrogens (tertiary/aromatic N) is 2. The van der Waals surface area contributed by atoms with Gasteiger partial charge in [0.2, 0.25) is 0 Å². The van der Waals surface area contributed by atoms with Crippen molar-refractivity contribution in [2.45, 2.75) is 13.3 Å². The van der Waals surface area contributed by atoms with Gasteiger partial charge in [-0.25, -0.2) is 9.48 Å². The first kappa shape index (κ1) is 15.4. The van der Waals surface area contributed by atoms with Crippen LogP contribution in [0.2, 0.25) is 0 Å². The first-order valence-electron chi connectivity index (χ1n) is 6.87. The highest BCUT2D eigenvalue weighted by molar-refractivity contribution is 7.99. The summed E-state index contributed by atoms with van der Waals surface area (Å²) in [6.07, 6.45) is 2.56. The van der Waals surface area contributed by atoms with Crippen molar-refractivity contribution in [2.24, 2.45) is 0 Å². The molecule has 2 N–H and O–H groups in total. The van der Waals surface area contributed by atoms with Crippen LogP contribution in [0.1, 0.15) is 23.8 Å². The molecule has 0 spiro atoms. The zero-order valence-electron chi connectivity index (χ0n) is 12.0. The molecule has 112 valence electrons. The predicted octanol–water partition coefficient (Wildman–Crippen LogP) is 2.75. The fourth-order valence-corrected chi connectivity index (χ4v) is 2.42. The van der Waals surface area contributed by atoms with E-state index in [9.17, 15) is 4.79 Å². The van der Waals surface area contributed by atoms with Crippen molar-refractivity contribution in [3.05, 3.63) is 42.2 Å². The number of anilines is 1. The Balaban J connectivity index is 1.94. The molecule has 5 nitrogen and oxygen atoms in total. The molecule has 1 aromatic carbocycles. The molecular weight excluding hydrogens is 286 g/mol. The molecule has 2 rings (SSSR count). The summed E-state index contributed by atoms with van der Waals surface area (Å²) < 4.78 is 6.78. The Bertz CT molecular complexity index is 598. The Hall–Kier alpha value is -1.95. The molecule has 0 aliphatic carbocycles. The highest BCUT2D eigenvalue weighted by atomic mass is 32.2. The van der Waals surface area contributed by atoms with E-state index in [0.29, 0.717) is 18.0 Å². The number of nitrogens with two attached hydrogens (primary N) is 1. The Kier molecular flexibility index (Phi) is 5.68. The van der Waals surface area contributed by atoms with E-state index in [0.717, 1.165) is 23.6 Å². The molecule has 0 aliphatic rings. The molecule has 0 amide bonds. The van der Waals surface area contributed by atoms with Crippen molar-refractivity contribution in [3.63, 3.8) is 0 Å². The van der Waals surface area contributed by atoms with Gasteiger partial charge < -0.3 is 10.5 Å². The van der Waals surface area contributed by atoms with Gasteiger partial charge in [0.05, 0.1) is 18.0 Å². The van der Waals surface area contributed by atoms with E-state index in [-0.39, 0.29) is 0 Å². The molecular formula is C15H19N3O2S.